The smallest absolute Gasteiger partial charge is 0.186 e. The molecule has 0 bridgehead atoms. The number of nitrogens with two attached hydrogens (primary N) is 1. The predicted octanol–water partition coefficient (Wildman–Crippen LogP) is -2.16. The van der Waals surface area contributed by atoms with Crippen LogP contribution >= 0.6 is 0 Å². The summed E-state index contributed by atoms with van der Waals surface area (Å²) in [5, 5.41) is 38.3. The van der Waals surface area contributed by atoms with Crippen LogP contribution in [0.25, 0.3) is 0 Å². The van der Waals surface area contributed by atoms with E-state index in [1.165, 1.54) is 6.33 Å². The fourth-order valence-electron chi connectivity index (χ4n) is 2.74. The van der Waals surface area contributed by atoms with E-state index >= 15 is 0 Å². The van der Waals surface area contributed by atoms with Gasteiger partial charge in [-0.1, -0.05) is 0 Å². The number of Topliss-reactive ketones (excluding diaryl/α,β-unsaturated/α-hetero) is 1. The van der Waals surface area contributed by atoms with Gasteiger partial charge in [-0.25, -0.2) is 4.98 Å². The highest BCUT2D eigenvalue weighted by atomic mass is 16.7. The summed E-state index contributed by atoms with van der Waals surface area (Å²) in [6.07, 6.45) is -1.51. The van der Waals surface area contributed by atoms with Crippen LogP contribution < -0.4 is 5.73 Å². The molecule has 1 aromatic heterocycles. The highest BCUT2D eigenvalue weighted by Crippen LogP contribution is 2.22. The lowest BCUT2D eigenvalue weighted by molar-refractivity contribution is -0.301. The Labute approximate surface area is 151 Å². The van der Waals surface area contributed by atoms with Crippen LogP contribution in [0.2, 0.25) is 0 Å². The number of hydrogen-bond acceptors (Lipinski definition) is 9. The molecule has 2 heterocycles. The third kappa shape index (κ3) is 5.55. The van der Waals surface area contributed by atoms with E-state index in [0.29, 0.717) is 25.7 Å². The third-order valence-corrected chi connectivity index (χ3v) is 4.36. The van der Waals surface area contributed by atoms with Crippen LogP contribution in [0.15, 0.2) is 12.5 Å². The molecule has 1 aliphatic heterocycles. The molecule has 0 aromatic carbocycles. The Morgan fingerprint density at radius 2 is 2.08 bits per heavy atom. The van der Waals surface area contributed by atoms with Crippen LogP contribution in [-0.2, 0) is 20.7 Å². The second kappa shape index (κ2) is 10.1. The summed E-state index contributed by atoms with van der Waals surface area (Å²) in [6.45, 7) is -0.320. The SMILES string of the molecule is N[C@H](Cc1cnc[nH]1)C(=O)CCCCOC1OC(CO)C(O)C(O)C1O. The Morgan fingerprint density at radius 3 is 2.73 bits per heavy atom. The topological polar surface area (TPSA) is 171 Å². The van der Waals surface area contributed by atoms with Gasteiger partial charge in [-0.15, -0.1) is 0 Å². The van der Waals surface area contributed by atoms with Crippen molar-refractivity contribution >= 4 is 5.78 Å². The summed E-state index contributed by atoms with van der Waals surface area (Å²) < 4.78 is 10.6. The monoisotopic (exact) mass is 373 g/mol. The second-order valence-corrected chi connectivity index (χ2v) is 6.38. The molecular formula is C16H27N3O7. The first kappa shape index (κ1) is 20.9. The summed E-state index contributed by atoms with van der Waals surface area (Å²) in [7, 11) is 0. The van der Waals surface area contributed by atoms with Crippen molar-refractivity contribution in [3.63, 3.8) is 0 Å². The van der Waals surface area contributed by atoms with Crippen molar-refractivity contribution in [3.8, 4) is 0 Å². The van der Waals surface area contributed by atoms with Crippen LogP contribution in [0.3, 0.4) is 0 Å². The van der Waals surface area contributed by atoms with Gasteiger partial charge in [0.1, 0.15) is 30.2 Å². The Kier molecular flexibility index (Phi) is 8.10. The zero-order valence-electron chi connectivity index (χ0n) is 14.4. The second-order valence-electron chi connectivity index (χ2n) is 6.38. The number of ketones is 1. The minimum Gasteiger partial charge on any atom is -0.394 e. The van der Waals surface area contributed by atoms with Crippen molar-refractivity contribution in [2.75, 3.05) is 13.2 Å². The van der Waals surface area contributed by atoms with Gasteiger partial charge in [0, 0.05) is 31.3 Å². The molecule has 2 rings (SSSR count). The zero-order chi connectivity index (χ0) is 19.1. The Hall–Kier alpha value is -1.40. The molecule has 26 heavy (non-hydrogen) atoms. The van der Waals surface area contributed by atoms with Crippen molar-refractivity contribution in [1.29, 1.82) is 0 Å². The lowest BCUT2D eigenvalue weighted by Gasteiger charge is -2.39. The Morgan fingerprint density at radius 1 is 1.31 bits per heavy atom. The number of nitrogens with zero attached hydrogens (tertiary/aromatic N) is 1. The van der Waals surface area contributed by atoms with Gasteiger partial charge >= 0.3 is 0 Å². The van der Waals surface area contributed by atoms with Crippen molar-refractivity contribution in [3.05, 3.63) is 18.2 Å². The van der Waals surface area contributed by atoms with Gasteiger partial charge in [0.25, 0.3) is 0 Å². The highest BCUT2D eigenvalue weighted by Gasteiger charge is 2.43. The summed E-state index contributed by atoms with van der Waals surface area (Å²) in [5.41, 5.74) is 6.66. The molecule has 1 aromatic rings. The quantitative estimate of drug-likeness (QED) is 0.250. The van der Waals surface area contributed by atoms with E-state index in [2.05, 4.69) is 9.97 Å². The molecule has 6 atom stereocenters. The maximum absolute atomic E-state index is 12.0. The molecule has 0 amide bonds. The molecule has 1 fully saturated rings. The number of aromatic nitrogens is 2. The number of rotatable bonds is 10. The summed E-state index contributed by atoms with van der Waals surface area (Å²) >= 11 is 0. The predicted molar refractivity (Wildman–Crippen MR) is 88.8 cm³/mol. The maximum Gasteiger partial charge on any atom is 0.186 e. The van der Waals surface area contributed by atoms with Gasteiger partial charge in [0.05, 0.1) is 19.0 Å². The van der Waals surface area contributed by atoms with E-state index in [1.54, 1.807) is 6.20 Å². The van der Waals surface area contributed by atoms with Crippen LogP contribution in [0.4, 0.5) is 0 Å². The number of H-pyrrole nitrogens is 1. The molecule has 10 nitrogen and oxygen atoms in total. The molecule has 0 spiro atoms. The first-order chi connectivity index (χ1) is 12.4. The van der Waals surface area contributed by atoms with Gasteiger partial charge in [-0.3, -0.25) is 4.79 Å². The molecule has 5 unspecified atom stereocenters. The van der Waals surface area contributed by atoms with E-state index in [4.69, 9.17) is 20.3 Å². The number of carbonyl (C=O) groups is 1. The van der Waals surface area contributed by atoms with Crippen molar-refractivity contribution in [1.82, 2.24) is 9.97 Å². The third-order valence-electron chi connectivity index (χ3n) is 4.36. The van der Waals surface area contributed by atoms with Crippen LogP contribution in [0.1, 0.15) is 25.0 Å². The van der Waals surface area contributed by atoms with E-state index in [1.807, 2.05) is 0 Å². The molecule has 0 aliphatic carbocycles. The minimum atomic E-state index is -1.46. The van der Waals surface area contributed by atoms with Crippen LogP contribution in [0, 0.1) is 0 Å². The molecule has 148 valence electrons. The number of unbranched alkanes of at least 4 members (excludes halogenated alkanes) is 1. The average Bonchev–Trinajstić information content (AvgIpc) is 3.14. The molecule has 10 heteroatoms. The Balaban J connectivity index is 1.64. The van der Waals surface area contributed by atoms with Gasteiger partial charge in [0.15, 0.2) is 6.29 Å². The van der Waals surface area contributed by atoms with Crippen molar-refractivity contribution in [2.45, 2.75) is 62.4 Å². The standard InChI is InChI=1S/C16H27N3O7/c17-10(5-9-6-18-8-19-9)11(21)3-1-2-4-25-16-15(24)14(23)13(22)12(7-20)26-16/h6,8,10,12-16,20,22-24H,1-5,7,17H2,(H,18,19)/t10-,12?,13?,14?,15?,16?/m1/s1. The lowest BCUT2D eigenvalue weighted by atomic mass is 9.99. The lowest BCUT2D eigenvalue weighted by Crippen LogP contribution is -2.59. The van der Waals surface area contributed by atoms with Gasteiger partial charge < -0.3 is 40.6 Å². The van der Waals surface area contributed by atoms with Crippen molar-refractivity contribution in [2.24, 2.45) is 5.73 Å². The first-order valence-corrected chi connectivity index (χ1v) is 8.61. The van der Waals surface area contributed by atoms with E-state index in [0.717, 1.165) is 5.69 Å². The summed E-state index contributed by atoms with van der Waals surface area (Å²) in [5.74, 6) is -0.0626. The van der Waals surface area contributed by atoms with Crippen molar-refractivity contribution < 1.29 is 34.7 Å². The number of aliphatic hydroxyl groups excluding tert-OH is 4. The number of ether oxygens (including phenoxy) is 2. The molecule has 1 saturated heterocycles. The van der Waals surface area contributed by atoms with Crippen LogP contribution in [0.5, 0.6) is 0 Å². The number of aliphatic hydroxyl groups is 4. The fourth-order valence-corrected chi connectivity index (χ4v) is 2.74. The minimum absolute atomic E-state index is 0.0626. The van der Waals surface area contributed by atoms with E-state index < -0.39 is 43.4 Å². The first-order valence-electron chi connectivity index (χ1n) is 8.61. The zero-order valence-corrected chi connectivity index (χ0v) is 14.4. The highest BCUT2D eigenvalue weighted by molar-refractivity contribution is 5.83. The van der Waals surface area contributed by atoms with Crippen LogP contribution in [-0.4, -0.2) is 86.1 Å². The van der Waals surface area contributed by atoms with E-state index in [9.17, 15) is 20.1 Å². The molecule has 0 saturated carbocycles. The number of nitrogens with one attached hydrogen (secondary N) is 1. The molecular weight excluding hydrogens is 346 g/mol. The number of imidazole rings is 1. The fraction of sp³-hybridized carbons (Fsp3) is 0.750. The summed E-state index contributed by atoms with van der Waals surface area (Å²) in [6, 6.07) is -0.596. The number of carbonyl (C=O) groups excluding carboxylic acids is 1. The maximum atomic E-state index is 12.0. The number of hydrogen-bond donors (Lipinski definition) is 6. The molecule has 0 radical (unpaired) electrons. The summed E-state index contributed by atoms with van der Waals surface area (Å²) in [4.78, 5) is 18.8. The molecule has 7 N–H and O–H groups in total. The van der Waals surface area contributed by atoms with E-state index in [-0.39, 0.29) is 12.4 Å². The van der Waals surface area contributed by atoms with Gasteiger partial charge in [-0.05, 0) is 12.8 Å². The molecule has 1 aliphatic rings. The Bertz CT molecular complexity index is 540. The van der Waals surface area contributed by atoms with Gasteiger partial charge in [0.2, 0.25) is 0 Å². The largest absolute Gasteiger partial charge is 0.394 e. The average molecular weight is 373 g/mol. The number of aromatic amines is 1. The van der Waals surface area contributed by atoms with Gasteiger partial charge in [-0.2, -0.15) is 0 Å². The normalized spacial score (nSPS) is 30.3.